The number of aryl methyl sites for hydroxylation is 1. The van der Waals surface area contributed by atoms with E-state index in [1.54, 1.807) is 23.9 Å². The summed E-state index contributed by atoms with van der Waals surface area (Å²) in [4.78, 5) is 14.0. The summed E-state index contributed by atoms with van der Waals surface area (Å²) < 4.78 is 1.69. The van der Waals surface area contributed by atoms with E-state index >= 15 is 0 Å². The molecule has 110 valence electrons. The molecular weight excluding hydrogens is 308 g/mol. The van der Waals surface area contributed by atoms with Crippen molar-refractivity contribution in [1.29, 1.82) is 0 Å². The molecule has 2 N–H and O–H groups in total. The van der Waals surface area contributed by atoms with Crippen LogP contribution in [0.25, 0.3) is 0 Å². The highest BCUT2D eigenvalue weighted by molar-refractivity contribution is 7.12. The lowest BCUT2D eigenvalue weighted by Gasteiger charge is -2.04. The molecule has 6 heteroatoms. The van der Waals surface area contributed by atoms with Crippen LogP contribution in [0.2, 0.25) is 5.02 Å². The number of nitrogens with one attached hydrogen (secondary N) is 1. The van der Waals surface area contributed by atoms with E-state index in [9.17, 15) is 4.79 Å². The van der Waals surface area contributed by atoms with Crippen molar-refractivity contribution in [2.24, 2.45) is 7.05 Å². The molecular formula is C15H15ClN2O2S. The topological polar surface area (TPSA) is 54.3 Å². The first-order chi connectivity index (χ1) is 10.1. The van der Waals surface area contributed by atoms with Crippen LogP contribution in [0.3, 0.4) is 0 Å². The van der Waals surface area contributed by atoms with E-state index in [0.717, 1.165) is 9.75 Å². The molecule has 0 fully saturated rings. The van der Waals surface area contributed by atoms with Crippen LogP contribution in [0.15, 0.2) is 24.4 Å². The maximum absolute atomic E-state index is 12.0. The lowest BCUT2D eigenvalue weighted by molar-refractivity contribution is 0.0943. The number of rotatable bonds is 4. The van der Waals surface area contributed by atoms with Crippen molar-refractivity contribution in [3.05, 3.63) is 44.9 Å². The molecule has 0 unspecified atom stereocenters. The Morgan fingerprint density at radius 3 is 3.00 bits per heavy atom. The quantitative estimate of drug-likeness (QED) is 0.849. The van der Waals surface area contributed by atoms with Crippen LogP contribution in [0.1, 0.15) is 26.7 Å². The molecule has 0 radical (unpaired) electrons. The summed E-state index contributed by atoms with van der Waals surface area (Å²) in [5, 5.41) is 12.1. The number of halogens is 1. The van der Waals surface area contributed by atoms with Gasteiger partial charge in [0.05, 0.1) is 23.1 Å². The fourth-order valence-electron chi connectivity index (χ4n) is 1.75. The second kappa shape index (κ2) is 7.32. The number of hydrogen-bond donors (Lipinski definition) is 2. The fraction of sp³-hybridized carbons (Fsp3) is 0.267. The van der Waals surface area contributed by atoms with E-state index in [-0.39, 0.29) is 12.5 Å². The highest BCUT2D eigenvalue weighted by Gasteiger charge is 2.11. The minimum absolute atomic E-state index is 0.0700. The lowest BCUT2D eigenvalue weighted by atomic mass is 10.3. The maximum atomic E-state index is 12.0. The standard InChI is InChI=1S/C15H15ClN2O2S/c1-18-10-11(16)8-14(18)15(20)17-9-13-6-5-12(21-13)4-2-3-7-19/h5-6,8,10,19H,3,7,9H2,1H3,(H,17,20). The first-order valence-electron chi connectivity index (χ1n) is 6.38. The molecule has 0 saturated carbocycles. The largest absolute Gasteiger partial charge is 0.395 e. The maximum Gasteiger partial charge on any atom is 0.268 e. The third kappa shape index (κ3) is 4.36. The van der Waals surface area contributed by atoms with Gasteiger partial charge in [-0.05, 0) is 18.2 Å². The van der Waals surface area contributed by atoms with Crippen LogP contribution in [0.5, 0.6) is 0 Å². The third-order valence-electron chi connectivity index (χ3n) is 2.74. The Morgan fingerprint density at radius 1 is 1.52 bits per heavy atom. The van der Waals surface area contributed by atoms with Crippen LogP contribution in [-0.4, -0.2) is 22.2 Å². The van der Waals surface area contributed by atoms with E-state index in [0.29, 0.717) is 23.7 Å². The minimum atomic E-state index is -0.161. The van der Waals surface area contributed by atoms with E-state index in [4.69, 9.17) is 16.7 Å². The van der Waals surface area contributed by atoms with Crippen molar-refractivity contribution >= 4 is 28.8 Å². The van der Waals surface area contributed by atoms with Crippen molar-refractivity contribution in [2.45, 2.75) is 13.0 Å². The molecule has 0 aliphatic heterocycles. The van der Waals surface area contributed by atoms with Gasteiger partial charge in [-0.3, -0.25) is 4.79 Å². The molecule has 0 bridgehead atoms. The van der Waals surface area contributed by atoms with Crippen LogP contribution in [0.4, 0.5) is 0 Å². The Kier molecular flexibility index (Phi) is 5.45. The van der Waals surface area contributed by atoms with Crippen molar-refractivity contribution in [3.63, 3.8) is 0 Å². The molecule has 2 aromatic heterocycles. The van der Waals surface area contributed by atoms with Gasteiger partial charge >= 0.3 is 0 Å². The van der Waals surface area contributed by atoms with Crippen molar-refractivity contribution < 1.29 is 9.90 Å². The summed E-state index contributed by atoms with van der Waals surface area (Å²) in [7, 11) is 1.78. The highest BCUT2D eigenvalue weighted by Crippen LogP contribution is 2.16. The van der Waals surface area contributed by atoms with Crippen LogP contribution in [0, 0.1) is 11.8 Å². The average molecular weight is 323 g/mol. The molecule has 0 aliphatic carbocycles. The molecule has 21 heavy (non-hydrogen) atoms. The second-order valence-corrected chi connectivity index (χ2v) is 5.98. The average Bonchev–Trinajstić information content (AvgIpc) is 3.03. The molecule has 0 spiro atoms. The first kappa shape index (κ1) is 15.6. The predicted octanol–water partition coefficient (Wildman–Crippen LogP) is 2.40. The Labute approximate surface area is 132 Å². The Morgan fingerprint density at radius 2 is 2.33 bits per heavy atom. The Bertz CT molecular complexity index is 694. The molecule has 4 nitrogen and oxygen atoms in total. The van der Waals surface area contributed by atoms with Crippen LogP contribution < -0.4 is 5.32 Å². The van der Waals surface area contributed by atoms with E-state index in [1.807, 2.05) is 12.1 Å². The molecule has 0 atom stereocenters. The second-order valence-electron chi connectivity index (χ2n) is 4.38. The summed E-state index contributed by atoms with van der Waals surface area (Å²) in [6.45, 7) is 0.522. The summed E-state index contributed by atoms with van der Waals surface area (Å²) >= 11 is 7.39. The Balaban J connectivity index is 1.93. The molecule has 1 amide bonds. The molecule has 0 aromatic carbocycles. The van der Waals surface area contributed by atoms with Gasteiger partial charge in [-0.2, -0.15) is 0 Å². The van der Waals surface area contributed by atoms with Crippen molar-refractivity contribution in [3.8, 4) is 11.8 Å². The van der Waals surface area contributed by atoms with Crippen molar-refractivity contribution in [1.82, 2.24) is 9.88 Å². The van der Waals surface area contributed by atoms with E-state index < -0.39 is 0 Å². The number of nitrogens with zero attached hydrogens (tertiary/aromatic N) is 1. The lowest BCUT2D eigenvalue weighted by Crippen LogP contribution is -2.24. The zero-order valence-electron chi connectivity index (χ0n) is 11.5. The number of aliphatic hydroxyl groups is 1. The van der Waals surface area contributed by atoms with Crippen LogP contribution in [-0.2, 0) is 13.6 Å². The van der Waals surface area contributed by atoms with E-state index in [1.165, 1.54) is 11.3 Å². The SMILES string of the molecule is Cn1cc(Cl)cc1C(=O)NCc1ccc(C#CCCO)s1. The normalized spacial score (nSPS) is 10.0. The number of aromatic nitrogens is 1. The smallest absolute Gasteiger partial charge is 0.268 e. The molecule has 2 aromatic rings. The third-order valence-corrected chi connectivity index (χ3v) is 3.94. The van der Waals surface area contributed by atoms with Crippen molar-refractivity contribution in [2.75, 3.05) is 6.61 Å². The van der Waals surface area contributed by atoms with Gasteiger partial charge in [0.2, 0.25) is 0 Å². The summed E-state index contributed by atoms with van der Waals surface area (Å²) in [6, 6.07) is 5.49. The molecule has 2 heterocycles. The summed E-state index contributed by atoms with van der Waals surface area (Å²) in [5.74, 6) is 5.68. The fourth-order valence-corrected chi connectivity index (χ4v) is 2.83. The van der Waals surface area contributed by atoms with Gasteiger partial charge in [-0.25, -0.2) is 0 Å². The van der Waals surface area contributed by atoms with Crippen LogP contribution >= 0.6 is 22.9 Å². The Hall–Kier alpha value is -1.74. The van der Waals surface area contributed by atoms with Gasteiger partial charge in [0, 0.05) is 24.5 Å². The highest BCUT2D eigenvalue weighted by atomic mass is 35.5. The predicted molar refractivity (Wildman–Crippen MR) is 84.5 cm³/mol. The molecule has 0 aliphatic rings. The van der Waals surface area contributed by atoms with Gasteiger partial charge in [0.1, 0.15) is 5.69 Å². The van der Waals surface area contributed by atoms with Gasteiger partial charge in [0.15, 0.2) is 0 Å². The minimum Gasteiger partial charge on any atom is -0.395 e. The number of carbonyl (C=O) groups excluding carboxylic acids is 1. The van der Waals surface area contributed by atoms with Gasteiger partial charge in [0.25, 0.3) is 5.91 Å². The van der Waals surface area contributed by atoms with Gasteiger partial charge in [-0.15, -0.1) is 11.3 Å². The number of aliphatic hydroxyl groups excluding tert-OH is 1. The number of hydrogen-bond acceptors (Lipinski definition) is 3. The van der Waals surface area contributed by atoms with E-state index in [2.05, 4.69) is 17.2 Å². The van der Waals surface area contributed by atoms with Gasteiger partial charge in [-0.1, -0.05) is 23.4 Å². The molecule has 0 saturated heterocycles. The summed E-state index contributed by atoms with van der Waals surface area (Å²) in [6.07, 6.45) is 2.16. The zero-order valence-corrected chi connectivity index (χ0v) is 13.1. The summed E-state index contributed by atoms with van der Waals surface area (Å²) in [5.41, 5.74) is 0.527. The first-order valence-corrected chi connectivity index (χ1v) is 7.58. The number of carbonyl (C=O) groups is 1. The molecule has 2 rings (SSSR count). The number of amides is 1. The zero-order chi connectivity index (χ0) is 15.2. The van der Waals surface area contributed by atoms with Gasteiger partial charge < -0.3 is 15.0 Å². The monoisotopic (exact) mass is 322 g/mol. The number of thiophene rings is 1.